The van der Waals surface area contributed by atoms with Gasteiger partial charge in [0.1, 0.15) is 0 Å². The summed E-state index contributed by atoms with van der Waals surface area (Å²) in [5, 5.41) is 12.2. The molecule has 5 nitrogen and oxygen atoms in total. The molecule has 0 spiro atoms. The van der Waals surface area contributed by atoms with Crippen molar-refractivity contribution in [2.75, 3.05) is 20.2 Å². The largest absolute Gasteiger partial charge is 0.481 e. The maximum absolute atomic E-state index is 12.4. The zero-order valence-corrected chi connectivity index (χ0v) is 16.7. The van der Waals surface area contributed by atoms with Crippen molar-refractivity contribution in [1.82, 2.24) is 5.32 Å². The van der Waals surface area contributed by atoms with Crippen LogP contribution in [0, 0.1) is 22.7 Å². The van der Waals surface area contributed by atoms with Crippen LogP contribution < -0.4 is 5.32 Å². The van der Waals surface area contributed by atoms with Crippen molar-refractivity contribution in [2.45, 2.75) is 72.6 Å². The smallest absolute Gasteiger partial charge is 0.311 e. The number of carboxylic acid groups (broad SMARTS) is 1. The van der Waals surface area contributed by atoms with Gasteiger partial charge >= 0.3 is 11.9 Å². The summed E-state index contributed by atoms with van der Waals surface area (Å²) in [4.78, 5) is 23.1. The van der Waals surface area contributed by atoms with Crippen molar-refractivity contribution in [2.24, 2.45) is 22.7 Å². The SMILES string of the molecule is COC(=O)C(C)(C)C(CCC(C)(C)CCCC(=O)O)C1CCNCC1. The van der Waals surface area contributed by atoms with Gasteiger partial charge in [0.25, 0.3) is 0 Å². The fraction of sp³-hybridized carbons (Fsp3) is 0.900. The molecule has 0 aromatic carbocycles. The van der Waals surface area contributed by atoms with Crippen LogP contribution in [-0.2, 0) is 14.3 Å². The summed E-state index contributed by atoms with van der Waals surface area (Å²) in [7, 11) is 1.47. The van der Waals surface area contributed by atoms with Crippen LogP contribution in [0.25, 0.3) is 0 Å². The van der Waals surface area contributed by atoms with E-state index in [1.165, 1.54) is 7.11 Å². The number of hydrogen-bond donors (Lipinski definition) is 2. The number of carbonyl (C=O) groups is 2. The molecule has 146 valence electrons. The topological polar surface area (TPSA) is 75.6 Å². The third-order valence-corrected chi connectivity index (χ3v) is 5.97. The van der Waals surface area contributed by atoms with Gasteiger partial charge in [-0.15, -0.1) is 0 Å². The lowest BCUT2D eigenvalue weighted by Crippen LogP contribution is -2.42. The number of ether oxygens (including phenoxy) is 1. The van der Waals surface area contributed by atoms with Gasteiger partial charge in [0.2, 0.25) is 0 Å². The van der Waals surface area contributed by atoms with E-state index >= 15 is 0 Å². The molecule has 1 heterocycles. The molecule has 0 radical (unpaired) electrons. The van der Waals surface area contributed by atoms with Gasteiger partial charge in [0.15, 0.2) is 0 Å². The summed E-state index contributed by atoms with van der Waals surface area (Å²) in [6.07, 6.45) is 6.02. The van der Waals surface area contributed by atoms with Crippen LogP contribution >= 0.6 is 0 Å². The average Bonchev–Trinajstić information content (AvgIpc) is 2.54. The lowest BCUT2D eigenvalue weighted by Gasteiger charge is -2.41. The fourth-order valence-electron chi connectivity index (χ4n) is 4.24. The molecule has 0 aromatic heterocycles. The molecule has 1 fully saturated rings. The zero-order valence-electron chi connectivity index (χ0n) is 16.7. The Morgan fingerprint density at radius 3 is 2.28 bits per heavy atom. The molecule has 0 saturated carbocycles. The molecule has 25 heavy (non-hydrogen) atoms. The molecule has 5 heteroatoms. The summed E-state index contributed by atoms with van der Waals surface area (Å²) < 4.78 is 5.09. The normalized spacial score (nSPS) is 18.0. The van der Waals surface area contributed by atoms with Gasteiger partial charge in [-0.3, -0.25) is 9.59 Å². The van der Waals surface area contributed by atoms with E-state index in [9.17, 15) is 9.59 Å². The molecule has 0 aromatic rings. The van der Waals surface area contributed by atoms with E-state index in [-0.39, 0.29) is 17.8 Å². The van der Waals surface area contributed by atoms with E-state index in [0.717, 1.165) is 45.2 Å². The highest BCUT2D eigenvalue weighted by Gasteiger charge is 2.42. The molecule has 1 rings (SSSR count). The van der Waals surface area contributed by atoms with E-state index in [0.29, 0.717) is 18.3 Å². The van der Waals surface area contributed by atoms with Gasteiger partial charge in [-0.2, -0.15) is 0 Å². The van der Waals surface area contributed by atoms with E-state index < -0.39 is 11.4 Å². The molecular weight excluding hydrogens is 318 g/mol. The zero-order chi connectivity index (χ0) is 19.1. The summed E-state index contributed by atoms with van der Waals surface area (Å²) in [5.74, 6) is -0.0270. The van der Waals surface area contributed by atoms with Crippen LogP contribution in [0.3, 0.4) is 0 Å². The Hall–Kier alpha value is -1.10. The number of esters is 1. The predicted octanol–water partition coefficient (Wildman–Crippen LogP) is 3.86. The monoisotopic (exact) mass is 355 g/mol. The number of aliphatic carboxylic acids is 1. The Morgan fingerprint density at radius 1 is 1.16 bits per heavy atom. The van der Waals surface area contributed by atoms with Gasteiger partial charge in [-0.05, 0) is 82.7 Å². The summed E-state index contributed by atoms with van der Waals surface area (Å²) in [5.41, 5.74) is -0.402. The lowest BCUT2D eigenvalue weighted by atomic mass is 9.65. The van der Waals surface area contributed by atoms with E-state index in [1.54, 1.807) is 0 Å². The molecule has 1 aliphatic heterocycles. The summed E-state index contributed by atoms with van der Waals surface area (Å²) >= 11 is 0. The van der Waals surface area contributed by atoms with Gasteiger partial charge in [0.05, 0.1) is 12.5 Å². The molecule has 0 amide bonds. The van der Waals surface area contributed by atoms with Gasteiger partial charge in [-0.25, -0.2) is 0 Å². The van der Waals surface area contributed by atoms with Crippen molar-refractivity contribution in [3.63, 3.8) is 0 Å². The predicted molar refractivity (Wildman–Crippen MR) is 99.4 cm³/mol. The third-order valence-electron chi connectivity index (χ3n) is 5.97. The number of nitrogens with one attached hydrogen (secondary N) is 1. The second-order valence-corrected chi connectivity index (χ2v) is 8.86. The average molecular weight is 356 g/mol. The molecule has 1 atom stereocenters. The Kier molecular flexibility index (Phi) is 8.39. The molecule has 1 aliphatic rings. The first-order chi connectivity index (χ1) is 11.6. The van der Waals surface area contributed by atoms with Crippen LogP contribution in [0.4, 0.5) is 0 Å². The van der Waals surface area contributed by atoms with Crippen molar-refractivity contribution in [3.8, 4) is 0 Å². The van der Waals surface area contributed by atoms with Crippen LogP contribution in [-0.4, -0.2) is 37.2 Å². The quantitative estimate of drug-likeness (QED) is 0.582. The van der Waals surface area contributed by atoms with Crippen LogP contribution in [0.5, 0.6) is 0 Å². The van der Waals surface area contributed by atoms with Gasteiger partial charge < -0.3 is 15.2 Å². The highest BCUT2D eigenvalue weighted by Crippen LogP contribution is 2.43. The highest BCUT2D eigenvalue weighted by atomic mass is 16.5. The second-order valence-electron chi connectivity index (χ2n) is 8.86. The van der Waals surface area contributed by atoms with E-state index in [2.05, 4.69) is 19.2 Å². The molecule has 2 N–H and O–H groups in total. The number of rotatable bonds is 10. The minimum atomic E-state index is -0.727. The van der Waals surface area contributed by atoms with Crippen molar-refractivity contribution in [3.05, 3.63) is 0 Å². The van der Waals surface area contributed by atoms with E-state index in [1.807, 2.05) is 13.8 Å². The number of hydrogen-bond acceptors (Lipinski definition) is 4. The van der Waals surface area contributed by atoms with Crippen molar-refractivity contribution >= 4 is 11.9 Å². The second kappa shape index (κ2) is 9.56. The lowest BCUT2D eigenvalue weighted by molar-refractivity contribution is -0.156. The number of methoxy groups -OCH3 is 1. The molecule has 1 saturated heterocycles. The van der Waals surface area contributed by atoms with E-state index in [4.69, 9.17) is 9.84 Å². The van der Waals surface area contributed by atoms with Crippen molar-refractivity contribution in [1.29, 1.82) is 0 Å². The minimum Gasteiger partial charge on any atom is -0.481 e. The van der Waals surface area contributed by atoms with Crippen LogP contribution in [0.1, 0.15) is 72.6 Å². The Labute approximate surface area is 152 Å². The maximum Gasteiger partial charge on any atom is 0.311 e. The van der Waals surface area contributed by atoms with Gasteiger partial charge in [0, 0.05) is 6.42 Å². The number of piperidine rings is 1. The number of carbonyl (C=O) groups excluding carboxylic acids is 1. The highest BCUT2D eigenvalue weighted by molar-refractivity contribution is 5.76. The Bertz CT molecular complexity index is 439. The third kappa shape index (κ3) is 6.96. The molecule has 0 bridgehead atoms. The molecule has 1 unspecified atom stereocenters. The van der Waals surface area contributed by atoms with Crippen LogP contribution in [0.2, 0.25) is 0 Å². The Balaban J connectivity index is 2.75. The first kappa shape index (κ1) is 21.9. The van der Waals surface area contributed by atoms with Crippen molar-refractivity contribution < 1.29 is 19.4 Å². The first-order valence-electron chi connectivity index (χ1n) is 9.61. The first-order valence-corrected chi connectivity index (χ1v) is 9.61. The van der Waals surface area contributed by atoms with Gasteiger partial charge in [-0.1, -0.05) is 13.8 Å². The maximum atomic E-state index is 12.4. The Morgan fingerprint density at radius 2 is 1.76 bits per heavy atom. The summed E-state index contributed by atoms with van der Waals surface area (Å²) in [6, 6.07) is 0. The fourth-order valence-corrected chi connectivity index (χ4v) is 4.24. The van der Waals surface area contributed by atoms with Crippen LogP contribution in [0.15, 0.2) is 0 Å². The standard InChI is InChI=1S/C20H37NO4/c1-19(2,11-6-7-17(22)23)12-8-16(15-9-13-21-14-10-15)20(3,4)18(24)25-5/h15-16,21H,6-14H2,1-5H3,(H,22,23). The number of carboxylic acids is 1. The molecule has 0 aliphatic carbocycles. The minimum absolute atomic E-state index is 0.0901. The summed E-state index contributed by atoms with van der Waals surface area (Å²) in [6.45, 7) is 10.5. The molecular formula is C20H37NO4.